The molecular formula is C15H23ClN2O. The van der Waals surface area contributed by atoms with Gasteiger partial charge < -0.3 is 4.74 Å². The second-order valence-electron chi connectivity index (χ2n) is 5.75. The van der Waals surface area contributed by atoms with Crippen LogP contribution in [0.2, 0.25) is 0 Å². The van der Waals surface area contributed by atoms with Crippen molar-refractivity contribution >= 4 is 11.6 Å². The molecule has 106 valence electrons. The van der Waals surface area contributed by atoms with Crippen LogP contribution in [0.5, 0.6) is 5.75 Å². The summed E-state index contributed by atoms with van der Waals surface area (Å²) in [7, 11) is 0. The summed E-state index contributed by atoms with van der Waals surface area (Å²) < 4.78 is 6.11. The van der Waals surface area contributed by atoms with Crippen LogP contribution in [0.25, 0.3) is 0 Å². The molecule has 19 heavy (non-hydrogen) atoms. The number of ether oxygens (including phenoxy) is 1. The molecule has 0 N–H and O–H groups in total. The van der Waals surface area contributed by atoms with Crippen LogP contribution in [0.3, 0.4) is 0 Å². The minimum Gasteiger partial charge on any atom is -0.487 e. The van der Waals surface area contributed by atoms with Crippen molar-refractivity contribution in [2.45, 2.75) is 64.4 Å². The molecule has 1 heterocycles. The summed E-state index contributed by atoms with van der Waals surface area (Å²) in [4.78, 5) is 8.90. The fraction of sp³-hybridized carbons (Fsp3) is 0.733. The molecule has 1 saturated carbocycles. The van der Waals surface area contributed by atoms with E-state index in [1.807, 2.05) is 0 Å². The predicted octanol–water partition coefficient (Wildman–Crippen LogP) is 4.30. The zero-order chi connectivity index (χ0) is 13.8. The van der Waals surface area contributed by atoms with Gasteiger partial charge in [0.15, 0.2) is 5.75 Å². The first-order chi connectivity index (χ1) is 9.11. The van der Waals surface area contributed by atoms with Gasteiger partial charge in [0, 0.05) is 5.92 Å². The monoisotopic (exact) mass is 282 g/mol. The Hall–Kier alpha value is -0.830. The molecule has 1 aromatic heterocycles. The molecule has 3 nitrogen and oxygen atoms in total. The molecule has 1 aliphatic carbocycles. The molecule has 0 saturated heterocycles. The Morgan fingerprint density at radius 1 is 1.37 bits per heavy atom. The van der Waals surface area contributed by atoms with Crippen LogP contribution < -0.4 is 4.74 Å². The lowest BCUT2D eigenvalue weighted by molar-refractivity contribution is 0.101. The van der Waals surface area contributed by atoms with Crippen LogP contribution in [-0.4, -0.2) is 16.1 Å². The van der Waals surface area contributed by atoms with Gasteiger partial charge in [-0.05, 0) is 25.2 Å². The van der Waals surface area contributed by atoms with Crippen LogP contribution >= 0.6 is 11.6 Å². The van der Waals surface area contributed by atoms with Crippen molar-refractivity contribution in [3.05, 3.63) is 17.7 Å². The minimum absolute atomic E-state index is 0.282. The van der Waals surface area contributed by atoms with Crippen LogP contribution in [-0.2, 0) is 5.88 Å². The first-order valence-corrected chi connectivity index (χ1v) is 7.73. The van der Waals surface area contributed by atoms with Crippen molar-refractivity contribution in [3.8, 4) is 5.75 Å². The molecule has 1 aliphatic rings. The van der Waals surface area contributed by atoms with Gasteiger partial charge in [-0.3, -0.25) is 0 Å². The predicted molar refractivity (Wildman–Crippen MR) is 77.7 cm³/mol. The highest BCUT2D eigenvalue weighted by Crippen LogP contribution is 2.29. The van der Waals surface area contributed by atoms with Gasteiger partial charge >= 0.3 is 0 Å². The number of nitrogens with zero attached hydrogens (tertiary/aromatic N) is 2. The first kappa shape index (κ1) is 14.6. The van der Waals surface area contributed by atoms with Gasteiger partial charge in [0.05, 0.1) is 12.1 Å². The van der Waals surface area contributed by atoms with Gasteiger partial charge in [-0.2, -0.15) is 0 Å². The van der Waals surface area contributed by atoms with E-state index in [9.17, 15) is 0 Å². The van der Waals surface area contributed by atoms with E-state index in [0.717, 1.165) is 23.7 Å². The lowest BCUT2D eigenvalue weighted by Gasteiger charge is -2.29. The summed E-state index contributed by atoms with van der Waals surface area (Å²) >= 11 is 5.99. The molecule has 1 fully saturated rings. The lowest BCUT2D eigenvalue weighted by atomic mass is 9.88. The van der Waals surface area contributed by atoms with Crippen LogP contribution in [0.1, 0.15) is 63.9 Å². The fourth-order valence-electron chi connectivity index (χ4n) is 2.51. The van der Waals surface area contributed by atoms with Gasteiger partial charge in [0.2, 0.25) is 0 Å². The van der Waals surface area contributed by atoms with E-state index in [-0.39, 0.29) is 6.10 Å². The van der Waals surface area contributed by atoms with E-state index in [1.54, 1.807) is 6.20 Å². The van der Waals surface area contributed by atoms with Crippen LogP contribution in [0, 0.1) is 5.92 Å². The summed E-state index contributed by atoms with van der Waals surface area (Å²) in [5, 5.41) is 0. The summed E-state index contributed by atoms with van der Waals surface area (Å²) in [6, 6.07) is 0. The number of alkyl halides is 1. The first-order valence-electron chi connectivity index (χ1n) is 7.20. The molecule has 0 radical (unpaired) electrons. The molecule has 1 aromatic rings. The van der Waals surface area contributed by atoms with Gasteiger partial charge in [-0.15, -0.1) is 11.6 Å². The maximum absolute atomic E-state index is 6.11. The quantitative estimate of drug-likeness (QED) is 0.773. The molecule has 2 atom stereocenters. The molecule has 2 unspecified atom stereocenters. The lowest BCUT2D eigenvalue weighted by Crippen LogP contribution is -2.28. The van der Waals surface area contributed by atoms with Gasteiger partial charge in [-0.25, -0.2) is 9.97 Å². The molecule has 0 aromatic carbocycles. The van der Waals surface area contributed by atoms with Crippen molar-refractivity contribution in [2.75, 3.05) is 0 Å². The Morgan fingerprint density at radius 2 is 2.11 bits per heavy atom. The second-order valence-corrected chi connectivity index (χ2v) is 6.01. The maximum Gasteiger partial charge on any atom is 0.160 e. The van der Waals surface area contributed by atoms with Crippen molar-refractivity contribution < 1.29 is 4.74 Å². The van der Waals surface area contributed by atoms with E-state index >= 15 is 0 Å². The molecule has 0 amide bonds. The van der Waals surface area contributed by atoms with Gasteiger partial charge in [-0.1, -0.05) is 27.2 Å². The normalized spacial score (nSPS) is 23.6. The number of hydrogen-bond acceptors (Lipinski definition) is 3. The third kappa shape index (κ3) is 3.59. The third-order valence-electron chi connectivity index (χ3n) is 3.80. The van der Waals surface area contributed by atoms with Crippen molar-refractivity contribution in [1.82, 2.24) is 9.97 Å². The Kier molecular flexibility index (Phi) is 5.03. The molecule has 0 aliphatic heterocycles. The third-order valence-corrected chi connectivity index (χ3v) is 4.06. The smallest absolute Gasteiger partial charge is 0.160 e. The number of aromatic nitrogens is 2. The number of halogens is 1. The van der Waals surface area contributed by atoms with E-state index in [0.29, 0.717) is 17.7 Å². The highest BCUT2D eigenvalue weighted by Gasteiger charge is 2.24. The zero-order valence-corrected chi connectivity index (χ0v) is 12.8. The highest BCUT2D eigenvalue weighted by molar-refractivity contribution is 6.17. The summed E-state index contributed by atoms with van der Waals surface area (Å²) in [5.74, 6) is 2.88. The Bertz CT molecular complexity index is 423. The molecule has 2 rings (SSSR count). The standard InChI is InChI=1S/C15H23ClN2O/c1-10(2)15-17-9-14(12(8-16)18-15)19-13-7-5-4-6-11(13)3/h9-11,13H,4-8H2,1-3H3. The highest BCUT2D eigenvalue weighted by atomic mass is 35.5. The molecular weight excluding hydrogens is 260 g/mol. The topological polar surface area (TPSA) is 35.0 Å². The SMILES string of the molecule is CC(C)c1ncc(OC2CCCCC2C)c(CCl)n1. The van der Waals surface area contributed by atoms with E-state index in [1.165, 1.54) is 19.3 Å². The molecule has 0 bridgehead atoms. The Balaban J connectivity index is 2.15. The Labute approximate surface area is 120 Å². The van der Waals surface area contributed by atoms with Crippen LogP contribution in [0.4, 0.5) is 0 Å². The largest absolute Gasteiger partial charge is 0.487 e. The van der Waals surface area contributed by atoms with Gasteiger partial charge in [0.25, 0.3) is 0 Å². The Morgan fingerprint density at radius 3 is 2.74 bits per heavy atom. The summed E-state index contributed by atoms with van der Waals surface area (Å²) in [6.45, 7) is 6.42. The van der Waals surface area contributed by atoms with Gasteiger partial charge in [0.1, 0.15) is 17.6 Å². The van der Waals surface area contributed by atoms with Crippen molar-refractivity contribution in [1.29, 1.82) is 0 Å². The molecule has 4 heteroatoms. The van der Waals surface area contributed by atoms with E-state index in [4.69, 9.17) is 16.3 Å². The average molecular weight is 283 g/mol. The number of rotatable bonds is 4. The minimum atomic E-state index is 0.282. The summed E-state index contributed by atoms with van der Waals surface area (Å²) in [6.07, 6.45) is 6.99. The van der Waals surface area contributed by atoms with Crippen molar-refractivity contribution in [2.24, 2.45) is 5.92 Å². The van der Waals surface area contributed by atoms with Crippen LogP contribution in [0.15, 0.2) is 6.20 Å². The van der Waals surface area contributed by atoms with Crippen molar-refractivity contribution in [3.63, 3.8) is 0 Å². The second kappa shape index (κ2) is 6.56. The number of hydrogen-bond donors (Lipinski definition) is 0. The van der Waals surface area contributed by atoms with E-state index < -0.39 is 0 Å². The summed E-state index contributed by atoms with van der Waals surface area (Å²) in [5.41, 5.74) is 0.818. The van der Waals surface area contributed by atoms with E-state index in [2.05, 4.69) is 30.7 Å². The fourth-order valence-corrected chi connectivity index (χ4v) is 2.71. The maximum atomic E-state index is 6.11. The average Bonchev–Trinajstić information content (AvgIpc) is 2.41. The molecule has 0 spiro atoms. The zero-order valence-electron chi connectivity index (χ0n) is 12.0.